The summed E-state index contributed by atoms with van der Waals surface area (Å²) in [5.74, 6) is 1.64. The third-order valence-corrected chi connectivity index (χ3v) is 5.85. The maximum atomic E-state index is 5.90. The molecular formula is C23H24N4OS. The molecule has 29 heavy (non-hydrogen) atoms. The Hall–Kier alpha value is -2.96. The van der Waals surface area contributed by atoms with Crippen molar-refractivity contribution in [1.82, 2.24) is 19.7 Å². The van der Waals surface area contributed by atoms with Crippen molar-refractivity contribution in [2.75, 3.05) is 7.05 Å². The van der Waals surface area contributed by atoms with Crippen molar-refractivity contribution in [2.45, 2.75) is 19.5 Å². The third kappa shape index (κ3) is 4.55. The van der Waals surface area contributed by atoms with Crippen molar-refractivity contribution in [2.24, 2.45) is 7.05 Å². The molecule has 0 aliphatic rings. The fourth-order valence-electron chi connectivity index (χ4n) is 3.24. The number of thiazole rings is 1. The van der Waals surface area contributed by atoms with Crippen LogP contribution in [0.15, 0.2) is 72.4 Å². The molecule has 0 spiro atoms. The highest BCUT2D eigenvalue weighted by atomic mass is 32.1. The average molecular weight is 405 g/mol. The second kappa shape index (κ2) is 8.59. The molecule has 6 heteroatoms. The van der Waals surface area contributed by atoms with Gasteiger partial charge >= 0.3 is 0 Å². The number of nitrogens with zero attached hydrogens (tertiary/aromatic N) is 4. The smallest absolute Gasteiger partial charge is 0.127 e. The molecule has 0 amide bonds. The summed E-state index contributed by atoms with van der Waals surface area (Å²) in [6, 6.07) is 18.2. The molecule has 4 aromatic rings. The zero-order valence-corrected chi connectivity index (χ0v) is 17.6. The standard InChI is InChI=1S/C23H24N4OS/c1-17(23-24-13-14-29-23)26(2)15-19-16-27(3)25-22(19)18-9-11-21(12-10-18)28-20-7-5-4-6-8-20/h4-14,16-17H,15H2,1-3H3. The molecule has 1 unspecified atom stereocenters. The molecule has 0 aliphatic heterocycles. The van der Waals surface area contributed by atoms with E-state index < -0.39 is 0 Å². The van der Waals surface area contributed by atoms with E-state index >= 15 is 0 Å². The van der Waals surface area contributed by atoms with Crippen LogP contribution in [-0.4, -0.2) is 26.7 Å². The van der Waals surface area contributed by atoms with Gasteiger partial charge in [0.05, 0.1) is 11.7 Å². The highest BCUT2D eigenvalue weighted by molar-refractivity contribution is 7.09. The van der Waals surface area contributed by atoms with Crippen LogP contribution in [0.2, 0.25) is 0 Å². The Kier molecular flexibility index (Phi) is 5.74. The van der Waals surface area contributed by atoms with Crippen molar-refractivity contribution < 1.29 is 4.74 Å². The van der Waals surface area contributed by atoms with Crippen LogP contribution in [0.5, 0.6) is 11.5 Å². The summed E-state index contributed by atoms with van der Waals surface area (Å²) in [4.78, 5) is 6.75. The predicted octanol–water partition coefficient (Wildman–Crippen LogP) is 5.53. The maximum absolute atomic E-state index is 5.90. The molecule has 0 bridgehead atoms. The molecule has 0 saturated carbocycles. The summed E-state index contributed by atoms with van der Waals surface area (Å²) in [5, 5.41) is 7.85. The van der Waals surface area contributed by atoms with Crippen LogP contribution in [0.4, 0.5) is 0 Å². The molecule has 2 aromatic carbocycles. The van der Waals surface area contributed by atoms with E-state index in [-0.39, 0.29) is 6.04 Å². The summed E-state index contributed by atoms with van der Waals surface area (Å²) >= 11 is 1.69. The quantitative estimate of drug-likeness (QED) is 0.406. The second-order valence-electron chi connectivity index (χ2n) is 7.08. The largest absolute Gasteiger partial charge is 0.457 e. The summed E-state index contributed by atoms with van der Waals surface area (Å²) in [7, 11) is 4.09. The van der Waals surface area contributed by atoms with Crippen LogP contribution >= 0.6 is 11.3 Å². The van der Waals surface area contributed by atoms with Crippen molar-refractivity contribution in [3.05, 3.63) is 82.9 Å². The van der Waals surface area contributed by atoms with E-state index in [1.54, 1.807) is 11.3 Å². The number of aryl methyl sites for hydroxylation is 1. The normalized spacial score (nSPS) is 12.3. The monoisotopic (exact) mass is 404 g/mol. The lowest BCUT2D eigenvalue weighted by molar-refractivity contribution is 0.253. The minimum atomic E-state index is 0.254. The van der Waals surface area contributed by atoms with Crippen molar-refractivity contribution in [3.63, 3.8) is 0 Å². The van der Waals surface area contributed by atoms with Gasteiger partial charge in [0.25, 0.3) is 0 Å². The fourth-order valence-corrected chi connectivity index (χ4v) is 4.00. The molecule has 0 fully saturated rings. The van der Waals surface area contributed by atoms with Gasteiger partial charge in [0.1, 0.15) is 16.5 Å². The van der Waals surface area contributed by atoms with E-state index in [9.17, 15) is 0 Å². The van der Waals surface area contributed by atoms with E-state index in [1.807, 2.05) is 65.8 Å². The lowest BCUT2D eigenvalue weighted by Gasteiger charge is -2.22. The Morgan fingerprint density at radius 1 is 1.07 bits per heavy atom. The molecule has 2 heterocycles. The number of hydrogen-bond donors (Lipinski definition) is 0. The van der Waals surface area contributed by atoms with Gasteiger partial charge in [-0.1, -0.05) is 18.2 Å². The topological polar surface area (TPSA) is 43.2 Å². The van der Waals surface area contributed by atoms with Crippen LogP contribution in [0.25, 0.3) is 11.3 Å². The van der Waals surface area contributed by atoms with E-state index in [1.165, 1.54) is 5.56 Å². The second-order valence-corrected chi connectivity index (χ2v) is 8.00. The van der Waals surface area contributed by atoms with Crippen LogP contribution < -0.4 is 4.74 Å². The van der Waals surface area contributed by atoms with E-state index in [4.69, 9.17) is 9.84 Å². The molecule has 0 radical (unpaired) electrons. The van der Waals surface area contributed by atoms with Gasteiger partial charge in [0, 0.05) is 42.5 Å². The molecule has 148 valence electrons. The molecule has 2 aromatic heterocycles. The first kappa shape index (κ1) is 19.4. The Morgan fingerprint density at radius 2 is 1.79 bits per heavy atom. The van der Waals surface area contributed by atoms with Crippen molar-refractivity contribution in [1.29, 1.82) is 0 Å². The van der Waals surface area contributed by atoms with E-state index in [0.29, 0.717) is 0 Å². The average Bonchev–Trinajstić information content (AvgIpc) is 3.39. The fraction of sp³-hybridized carbons (Fsp3) is 0.217. The van der Waals surface area contributed by atoms with E-state index in [2.05, 4.69) is 42.2 Å². The Bertz CT molecular complexity index is 1040. The van der Waals surface area contributed by atoms with Crippen LogP contribution in [0.3, 0.4) is 0 Å². The van der Waals surface area contributed by atoms with Gasteiger partial charge in [-0.25, -0.2) is 4.98 Å². The van der Waals surface area contributed by atoms with Gasteiger partial charge < -0.3 is 4.74 Å². The number of benzene rings is 2. The molecule has 0 aliphatic carbocycles. The SMILES string of the molecule is CC(c1nccs1)N(C)Cc1cn(C)nc1-c1ccc(Oc2ccccc2)cc1. The zero-order valence-electron chi connectivity index (χ0n) is 16.8. The molecular weight excluding hydrogens is 380 g/mol. The molecule has 1 atom stereocenters. The lowest BCUT2D eigenvalue weighted by Crippen LogP contribution is -2.21. The minimum absolute atomic E-state index is 0.254. The zero-order chi connectivity index (χ0) is 20.2. The molecule has 0 saturated heterocycles. The Morgan fingerprint density at radius 3 is 2.48 bits per heavy atom. The molecule has 0 N–H and O–H groups in total. The first-order valence-corrected chi connectivity index (χ1v) is 10.4. The third-order valence-electron chi connectivity index (χ3n) is 4.90. The first-order valence-electron chi connectivity index (χ1n) is 9.55. The predicted molar refractivity (Wildman–Crippen MR) is 117 cm³/mol. The van der Waals surface area contributed by atoms with Gasteiger partial charge in [0.2, 0.25) is 0 Å². The van der Waals surface area contributed by atoms with E-state index in [0.717, 1.165) is 34.3 Å². The van der Waals surface area contributed by atoms with Crippen LogP contribution in [0, 0.1) is 0 Å². The van der Waals surface area contributed by atoms with Crippen LogP contribution in [0.1, 0.15) is 23.5 Å². The van der Waals surface area contributed by atoms with Gasteiger partial charge in [-0.15, -0.1) is 11.3 Å². The Balaban J connectivity index is 1.52. The molecule has 4 rings (SSSR count). The van der Waals surface area contributed by atoms with Gasteiger partial charge in [0.15, 0.2) is 0 Å². The summed E-state index contributed by atoms with van der Waals surface area (Å²) < 4.78 is 7.78. The van der Waals surface area contributed by atoms with Gasteiger partial charge in [-0.2, -0.15) is 5.10 Å². The number of para-hydroxylation sites is 1. The number of aromatic nitrogens is 3. The summed E-state index contributed by atoms with van der Waals surface area (Å²) in [6.45, 7) is 2.98. The lowest BCUT2D eigenvalue weighted by atomic mass is 10.1. The van der Waals surface area contributed by atoms with Gasteiger partial charge in [-0.3, -0.25) is 9.58 Å². The van der Waals surface area contributed by atoms with Crippen LogP contribution in [-0.2, 0) is 13.6 Å². The highest BCUT2D eigenvalue weighted by Gasteiger charge is 2.18. The van der Waals surface area contributed by atoms with Crippen molar-refractivity contribution in [3.8, 4) is 22.8 Å². The Labute approximate surface area is 175 Å². The summed E-state index contributed by atoms with van der Waals surface area (Å²) in [5.41, 5.74) is 3.27. The number of hydrogen-bond acceptors (Lipinski definition) is 5. The first-order chi connectivity index (χ1) is 14.1. The number of ether oxygens (including phenoxy) is 1. The molecule has 5 nitrogen and oxygen atoms in total. The van der Waals surface area contributed by atoms with Crippen molar-refractivity contribution >= 4 is 11.3 Å². The highest BCUT2D eigenvalue weighted by Crippen LogP contribution is 2.29. The van der Waals surface area contributed by atoms with Gasteiger partial charge in [-0.05, 0) is 50.4 Å². The maximum Gasteiger partial charge on any atom is 0.127 e. The summed E-state index contributed by atoms with van der Waals surface area (Å²) in [6.07, 6.45) is 3.95. The number of rotatable bonds is 7. The minimum Gasteiger partial charge on any atom is -0.457 e.